The van der Waals surface area contributed by atoms with E-state index in [1.54, 1.807) is 0 Å². The van der Waals surface area contributed by atoms with Crippen LogP contribution in [0.2, 0.25) is 0 Å². The summed E-state index contributed by atoms with van der Waals surface area (Å²) < 4.78 is 10.8. The third kappa shape index (κ3) is 1.55. The smallest absolute Gasteiger partial charge is 0.0629 e. The maximum absolute atomic E-state index is 10.8. The van der Waals surface area contributed by atoms with Gasteiger partial charge in [-0.05, 0) is 0 Å². The molecule has 0 N–H and O–H groups in total. The second-order valence-corrected chi connectivity index (χ2v) is 3.85. The second kappa shape index (κ2) is 2.52. The number of nitrogens with zero attached hydrogens (tertiary/aromatic N) is 1. The van der Waals surface area contributed by atoms with E-state index < -0.39 is 10.8 Å². The van der Waals surface area contributed by atoms with Gasteiger partial charge in [0, 0.05) is 35.8 Å². The molecule has 1 unspecified atom stereocenters. The van der Waals surface area contributed by atoms with E-state index in [0.717, 1.165) is 18.0 Å². The Bertz CT molecular complexity index is 155. The molecule has 0 radical (unpaired) electrons. The SMILES string of the molecule is C=C1CS(=O)CCN1C. The second-order valence-electron chi connectivity index (χ2n) is 2.28. The van der Waals surface area contributed by atoms with Crippen LogP contribution in [0.5, 0.6) is 0 Å². The minimum absolute atomic E-state index is 0.632. The third-order valence-corrected chi connectivity index (χ3v) is 2.81. The Labute approximate surface area is 58.0 Å². The van der Waals surface area contributed by atoms with Crippen LogP contribution < -0.4 is 0 Å². The van der Waals surface area contributed by atoms with Crippen LogP contribution in [-0.4, -0.2) is 34.2 Å². The largest absolute Gasteiger partial charge is 0.377 e. The molecule has 0 bridgehead atoms. The summed E-state index contributed by atoms with van der Waals surface area (Å²) in [5.74, 6) is 1.46. The maximum atomic E-state index is 10.8. The van der Waals surface area contributed by atoms with E-state index in [2.05, 4.69) is 11.5 Å². The molecule has 9 heavy (non-hydrogen) atoms. The summed E-state index contributed by atoms with van der Waals surface area (Å²) in [4.78, 5) is 2.06. The molecule has 52 valence electrons. The molecule has 1 fully saturated rings. The first kappa shape index (κ1) is 6.81. The van der Waals surface area contributed by atoms with Crippen molar-refractivity contribution < 1.29 is 4.21 Å². The van der Waals surface area contributed by atoms with Crippen LogP contribution in [-0.2, 0) is 10.8 Å². The van der Waals surface area contributed by atoms with E-state index in [4.69, 9.17) is 0 Å². The van der Waals surface area contributed by atoms with Crippen molar-refractivity contribution in [2.75, 3.05) is 25.1 Å². The molecule has 0 saturated carbocycles. The fourth-order valence-corrected chi connectivity index (χ4v) is 1.98. The van der Waals surface area contributed by atoms with E-state index in [1.165, 1.54) is 0 Å². The molecule has 0 amide bonds. The fraction of sp³-hybridized carbons (Fsp3) is 0.667. The van der Waals surface area contributed by atoms with Crippen LogP contribution in [0.1, 0.15) is 0 Å². The summed E-state index contributed by atoms with van der Waals surface area (Å²) in [7, 11) is 1.35. The van der Waals surface area contributed by atoms with Gasteiger partial charge in [0.25, 0.3) is 0 Å². The Morgan fingerprint density at radius 3 is 2.89 bits per heavy atom. The van der Waals surface area contributed by atoms with Gasteiger partial charge < -0.3 is 4.90 Å². The Hall–Kier alpha value is -0.310. The molecule has 0 aromatic heterocycles. The molecular weight excluding hydrogens is 134 g/mol. The van der Waals surface area contributed by atoms with Crippen molar-refractivity contribution in [2.24, 2.45) is 0 Å². The quantitative estimate of drug-likeness (QED) is 0.485. The van der Waals surface area contributed by atoms with Crippen molar-refractivity contribution in [3.63, 3.8) is 0 Å². The number of hydrogen-bond acceptors (Lipinski definition) is 2. The van der Waals surface area contributed by atoms with Crippen LogP contribution >= 0.6 is 0 Å². The number of rotatable bonds is 0. The van der Waals surface area contributed by atoms with Gasteiger partial charge in [-0.25, -0.2) is 0 Å². The highest BCUT2D eigenvalue weighted by molar-refractivity contribution is 7.85. The first-order valence-electron chi connectivity index (χ1n) is 2.94. The molecule has 0 aliphatic carbocycles. The monoisotopic (exact) mass is 145 g/mol. The van der Waals surface area contributed by atoms with Crippen LogP contribution in [0.3, 0.4) is 0 Å². The average molecular weight is 145 g/mol. The molecule has 1 aliphatic rings. The third-order valence-electron chi connectivity index (χ3n) is 1.52. The summed E-state index contributed by atoms with van der Waals surface area (Å²) in [5.41, 5.74) is 1.000. The van der Waals surface area contributed by atoms with Gasteiger partial charge in [-0.2, -0.15) is 0 Å². The Morgan fingerprint density at radius 2 is 2.44 bits per heavy atom. The van der Waals surface area contributed by atoms with Crippen molar-refractivity contribution in [1.82, 2.24) is 4.90 Å². The van der Waals surface area contributed by atoms with E-state index in [9.17, 15) is 4.21 Å². The van der Waals surface area contributed by atoms with E-state index in [1.807, 2.05) is 7.05 Å². The van der Waals surface area contributed by atoms with Crippen LogP contribution in [0, 0.1) is 0 Å². The first-order chi connectivity index (χ1) is 4.20. The molecule has 0 spiro atoms. The Morgan fingerprint density at radius 1 is 1.78 bits per heavy atom. The topological polar surface area (TPSA) is 20.3 Å². The molecule has 0 aromatic rings. The molecule has 2 nitrogen and oxygen atoms in total. The predicted octanol–water partition coefficient (Wildman–Crippen LogP) is 0.194. The van der Waals surface area contributed by atoms with Crippen LogP contribution in [0.25, 0.3) is 0 Å². The summed E-state index contributed by atoms with van der Waals surface area (Å²) in [6.45, 7) is 4.67. The van der Waals surface area contributed by atoms with Gasteiger partial charge >= 0.3 is 0 Å². The molecule has 1 heterocycles. The highest BCUT2D eigenvalue weighted by atomic mass is 32.2. The molecule has 0 aromatic carbocycles. The molecule has 1 rings (SSSR count). The molecule has 3 heteroatoms. The van der Waals surface area contributed by atoms with Gasteiger partial charge in [0.05, 0.1) is 5.75 Å². The molecule has 1 aliphatic heterocycles. The van der Waals surface area contributed by atoms with Gasteiger partial charge in [0.2, 0.25) is 0 Å². The maximum Gasteiger partial charge on any atom is 0.0629 e. The lowest BCUT2D eigenvalue weighted by Crippen LogP contribution is -2.32. The van der Waals surface area contributed by atoms with Crippen molar-refractivity contribution in [3.05, 3.63) is 12.3 Å². The van der Waals surface area contributed by atoms with Crippen LogP contribution in [0.4, 0.5) is 0 Å². The van der Waals surface area contributed by atoms with E-state index >= 15 is 0 Å². The lowest BCUT2D eigenvalue weighted by Gasteiger charge is -2.25. The predicted molar refractivity (Wildman–Crippen MR) is 39.6 cm³/mol. The van der Waals surface area contributed by atoms with E-state index in [-0.39, 0.29) is 0 Å². The van der Waals surface area contributed by atoms with Gasteiger partial charge in [-0.3, -0.25) is 4.21 Å². The zero-order valence-corrected chi connectivity index (χ0v) is 6.41. The van der Waals surface area contributed by atoms with Crippen molar-refractivity contribution >= 4 is 10.8 Å². The van der Waals surface area contributed by atoms with Crippen molar-refractivity contribution in [3.8, 4) is 0 Å². The highest BCUT2D eigenvalue weighted by Gasteiger charge is 2.13. The lowest BCUT2D eigenvalue weighted by atomic mass is 10.5. The zero-order chi connectivity index (χ0) is 6.85. The average Bonchev–Trinajstić information content (AvgIpc) is 1.80. The molecule has 1 atom stereocenters. The Kier molecular flexibility index (Phi) is 1.90. The molecule has 1 saturated heterocycles. The van der Waals surface area contributed by atoms with Crippen molar-refractivity contribution in [2.45, 2.75) is 0 Å². The summed E-state index contributed by atoms with van der Waals surface area (Å²) in [5, 5.41) is 0. The summed E-state index contributed by atoms with van der Waals surface area (Å²) in [6, 6.07) is 0. The normalized spacial score (nSPS) is 28.8. The molecular formula is C6H11NOS. The Balaban J connectivity index is 2.54. The van der Waals surface area contributed by atoms with Gasteiger partial charge in [-0.15, -0.1) is 0 Å². The lowest BCUT2D eigenvalue weighted by molar-refractivity contribution is 0.438. The van der Waals surface area contributed by atoms with Gasteiger partial charge in [0.1, 0.15) is 0 Å². The number of hydrogen-bond donors (Lipinski definition) is 0. The van der Waals surface area contributed by atoms with Gasteiger partial charge in [0.15, 0.2) is 0 Å². The van der Waals surface area contributed by atoms with Crippen LogP contribution in [0.15, 0.2) is 12.3 Å². The van der Waals surface area contributed by atoms with Crippen molar-refractivity contribution in [1.29, 1.82) is 0 Å². The summed E-state index contributed by atoms with van der Waals surface area (Å²) in [6.07, 6.45) is 0. The standard InChI is InChI=1S/C6H11NOS/c1-6-5-9(8)4-3-7(6)2/h1,3-5H2,2H3. The zero-order valence-electron chi connectivity index (χ0n) is 5.59. The minimum Gasteiger partial charge on any atom is -0.377 e. The summed E-state index contributed by atoms with van der Waals surface area (Å²) >= 11 is 0. The highest BCUT2D eigenvalue weighted by Crippen LogP contribution is 2.06. The van der Waals surface area contributed by atoms with E-state index in [0.29, 0.717) is 5.75 Å². The minimum atomic E-state index is -0.632. The van der Waals surface area contributed by atoms with Gasteiger partial charge in [-0.1, -0.05) is 6.58 Å². The first-order valence-corrected chi connectivity index (χ1v) is 4.43. The fourth-order valence-electron chi connectivity index (χ4n) is 0.765.